The zero-order chi connectivity index (χ0) is 22.9. The molecule has 5 atom stereocenters. The van der Waals surface area contributed by atoms with Crippen molar-refractivity contribution in [1.82, 2.24) is 15.1 Å². The first kappa shape index (κ1) is 27.8. The molecule has 0 saturated heterocycles. The molecule has 29 heavy (non-hydrogen) atoms. The number of likely N-dealkylation sites (N-methyl/N-ethyl adjacent to an activating group) is 2. The summed E-state index contributed by atoms with van der Waals surface area (Å²) in [5, 5.41) is 12.8. The third kappa shape index (κ3) is 8.60. The zero-order valence-corrected chi connectivity index (χ0v) is 20.2. The molecule has 0 aromatic rings. The number of hydrogen-bond acceptors (Lipinski definition) is 5. The lowest BCUT2D eigenvalue weighted by Gasteiger charge is -2.40. The predicted molar refractivity (Wildman–Crippen MR) is 118 cm³/mol. The Labute approximate surface area is 178 Å². The second kappa shape index (κ2) is 13.2. The first-order valence-corrected chi connectivity index (χ1v) is 10.8. The van der Waals surface area contributed by atoms with E-state index in [4.69, 9.17) is 4.74 Å². The largest absolute Gasteiger partial charge is 0.481 e. The van der Waals surface area contributed by atoms with Gasteiger partial charge in [0.15, 0.2) is 0 Å². The summed E-state index contributed by atoms with van der Waals surface area (Å²) in [5.41, 5.74) is 0. The van der Waals surface area contributed by atoms with Crippen LogP contribution in [0.5, 0.6) is 0 Å². The topological polar surface area (TPSA) is 82.1 Å². The van der Waals surface area contributed by atoms with E-state index < -0.39 is 12.1 Å². The Morgan fingerprint density at radius 2 is 1.59 bits per heavy atom. The van der Waals surface area contributed by atoms with Crippen molar-refractivity contribution in [3.05, 3.63) is 0 Å². The molecule has 7 heteroatoms. The highest BCUT2D eigenvalue weighted by molar-refractivity contribution is 5.82. The van der Waals surface area contributed by atoms with Crippen molar-refractivity contribution in [2.75, 3.05) is 34.8 Å². The van der Waals surface area contributed by atoms with E-state index in [-0.39, 0.29) is 36.2 Å². The Morgan fingerprint density at radius 1 is 1.03 bits per heavy atom. The number of carbonyl (C=O) groups excluding carboxylic acids is 1. The van der Waals surface area contributed by atoms with Crippen molar-refractivity contribution < 1.29 is 19.4 Å². The Balaban J connectivity index is 5.58. The maximum atomic E-state index is 13.5. The van der Waals surface area contributed by atoms with Gasteiger partial charge < -0.3 is 25.0 Å². The molecule has 0 aromatic carbocycles. The number of carboxylic acids is 1. The summed E-state index contributed by atoms with van der Waals surface area (Å²) in [5.74, 6) is -0.252. The number of methoxy groups -OCH3 is 1. The van der Waals surface area contributed by atoms with Crippen LogP contribution in [0.4, 0.5) is 0 Å². The van der Waals surface area contributed by atoms with Gasteiger partial charge in [-0.15, -0.1) is 0 Å². The van der Waals surface area contributed by atoms with Gasteiger partial charge in [-0.1, -0.05) is 48.0 Å². The Bertz CT molecular complexity index is 488. The first-order valence-electron chi connectivity index (χ1n) is 10.8. The molecule has 0 aliphatic carbocycles. The zero-order valence-electron chi connectivity index (χ0n) is 20.2. The van der Waals surface area contributed by atoms with Crippen molar-refractivity contribution >= 4 is 11.9 Å². The second-order valence-corrected chi connectivity index (χ2v) is 9.10. The number of carboxylic acid groups (broad SMARTS) is 1. The number of aliphatic carboxylic acids is 1. The van der Waals surface area contributed by atoms with Crippen LogP contribution in [-0.4, -0.2) is 85.8 Å². The Hall–Kier alpha value is -1.18. The van der Waals surface area contributed by atoms with Gasteiger partial charge in [-0.2, -0.15) is 0 Å². The van der Waals surface area contributed by atoms with E-state index in [1.54, 1.807) is 11.9 Å². The first-order chi connectivity index (χ1) is 13.4. The van der Waals surface area contributed by atoms with Crippen LogP contribution >= 0.6 is 0 Å². The van der Waals surface area contributed by atoms with Crippen LogP contribution in [0.2, 0.25) is 0 Å². The average Bonchev–Trinajstić information content (AvgIpc) is 2.62. The van der Waals surface area contributed by atoms with Gasteiger partial charge in [0.2, 0.25) is 5.91 Å². The van der Waals surface area contributed by atoms with Crippen molar-refractivity contribution in [3.8, 4) is 0 Å². The SMILES string of the molecule is CCC(C)C(C(CC(=O)O)OC)N(C)C(=O)C(NCC(C(C)C)N(C)C)C(C)C. The van der Waals surface area contributed by atoms with E-state index in [9.17, 15) is 14.7 Å². The number of hydrogen-bond donors (Lipinski definition) is 2. The summed E-state index contributed by atoms with van der Waals surface area (Å²) in [7, 11) is 7.40. The number of amides is 1. The lowest BCUT2D eigenvalue weighted by atomic mass is 9.90. The van der Waals surface area contributed by atoms with E-state index in [0.29, 0.717) is 18.5 Å². The maximum absolute atomic E-state index is 13.5. The lowest BCUT2D eigenvalue weighted by Crippen LogP contribution is -2.57. The number of ether oxygens (including phenoxy) is 1. The summed E-state index contributed by atoms with van der Waals surface area (Å²) in [4.78, 5) is 28.7. The van der Waals surface area contributed by atoms with E-state index in [2.05, 4.69) is 38.2 Å². The van der Waals surface area contributed by atoms with Crippen LogP contribution in [-0.2, 0) is 14.3 Å². The molecular weight excluding hydrogens is 370 g/mol. The molecule has 0 bridgehead atoms. The highest BCUT2D eigenvalue weighted by Crippen LogP contribution is 2.23. The molecule has 0 aromatic heterocycles. The van der Waals surface area contributed by atoms with Gasteiger partial charge in [0, 0.05) is 26.7 Å². The van der Waals surface area contributed by atoms with Crippen molar-refractivity contribution in [1.29, 1.82) is 0 Å². The maximum Gasteiger partial charge on any atom is 0.306 e. The fourth-order valence-electron chi connectivity index (χ4n) is 3.99. The van der Waals surface area contributed by atoms with Crippen LogP contribution in [0, 0.1) is 17.8 Å². The number of rotatable bonds is 14. The summed E-state index contributed by atoms with van der Waals surface area (Å²) in [6, 6.07) is -0.320. The lowest BCUT2D eigenvalue weighted by molar-refractivity contribution is -0.147. The van der Waals surface area contributed by atoms with Crippen LogP contribution in [0.1, 0.15) is 54.4 Å². The smallest absolute Gasteiger partial charge is 0.306 e. The minimum absolute atomic E-state index is 0.0148. The molecule has 2 N–H and O–H groups in total. The van der Waals surface area contributed by atoms with Crippen LogP contribution < -0.4 is 5.32 Å². The standard InChI is InChI=1S/C22H45N3O4/c1-11-16(6)21(18(29-10)12-19(26)27)25(9)22(28)20(15(4)5)23-13-17(14(2)3)24(7)8/h14-18,20-21,23H,11-13H2,1-10H3,(H,26,27). The van der Waals surface area contributed by atoms with Crippen molar-refractivity contribution in [3.63, 3.8) is 0 Å². The minimum Gasteiger partial charge on any atom is -0.481 e. The van der Waals surface area contributed by atoms with Gasteiger partial charge in [0.05, 0.1) is 24.6 Å². The predicted octanol–water partition coefficient (Wildman–Crippen LogP) is 2.55. The van der Waals surface area contributed by atoms with E-state index >= 15 is 0 Å². The van der Waals surface area contributed by atoms with Gasteiger partial charge in [0.25, 0.3) is 0 Å². The molecule has 0 saturated carbocycles. The van der Waals surface area contributed by atoms with Crippen LogP contribution in [0.15, 0.2) is 0 Å². The molecule has 0 heterocycles. The molecule has 1 amide bonds. The number of nitrogens with one attached hydrogen (secondary N) is 1. The molecule has 7 nitrogen and oxygen atoms in total. The van der Waals surface area contributed by atoms with Crippen LogP contribution in [0.3, 0.4) is 0 Å². The van der Waals surface area contributed by atoms with Crippen molar-refractivity contribution in [2.45, 2.75) is 78.6 Å². The molecule has 0 aliphatic heterocycles. The third-order valence-electron chi connectivity index (χ3n) is 5.99. The quantitative estimate of drug-likeness (QED) is 0.454. The fourth-order valence-corrected chi connectivity index (χ4v) is 3.99. The molecule has 5 unspecified atom stereocenters. The summed E-state index contributed by atoms with van der Waals surface area (Å²) < 4.78 is 5.52. The van der Waals surface area contributed by atoms with Gasteiger partial charge in [-0.05, 0) is 31.8 Å². The van der Waals surface area contributed by atoms with E-state index in [1.165, 1.54) is 7.11 Å². The highest BCUT2D eigenvalue weighted by atomic mass is 16.5. The summed E-state index contributed by atoms with van der Waals surface area (Å²) in [6.45, 7) is 13.2. The fraction of sp³-hybridized carbons (Fsp3) is 0.909. The van der Waals surface area contributed by atoms with Gasteiger partial charge in [0.1, 0.15) is 0 Å². The minimum atomic E-state index is -0.921. The molecule has 0 rings (SSSR count). The Morgan fingerprint density at radius 3 is 1.93 bits per heavy atom. The highest BCUT2D eigenvalue weighted by Gasteiger charge is 2.37. The monoisotopic (exact) mass is 415 g/mol. The summed E-state index contributed by atoms with van der Waals surface area (Å²) in [6.07, 6.45) is 0.158. The normalized spacial score (nSPS) is 17.3. The van der Waals surface area contributed by atoms with Crippen molar-refractivity contribution in [2.24, 2.45) is 17.8 Å². The molecule has 0 fully saturated rings. The molecule has 172 valence electrons. The molecule has 0 radical (unpaired) electrons. The second-order valence-electron chi connectivity index (χ2n) is 9.10. The third-order valence-corrected chi connectivity index (χ3v) is 5.99. The summed E-state index contributed by atoms with van der Waals surface area (Å²) >= 11 is 0. The number of carbonyl (C=O) groups is 2. The molecule has 0 spiro atoms. The van der Waals surface area contributed by atoms with Gasteiger partial charge in [-0.25, -0.2) is 0 Å². The van der Waals surface area contributed by atoms with Gasteiger partial charge in [-0.3, -0.25) is 9.59 Å². The molecule has 0 aliphatic rings. The average molecular weight is 416 g/mol. The number of nitrogens with zero attached hydrogens (tertiary/aromatic N) is 2. The molecular formula is C22H45N3O4. The van der Waals surface area contributed by atoms with E-state index in [1.807, 2.05) is 27.7 Å². The Kier molecular flexibility index (Phi) is 12.7. The van der Waals surface area contributed by atoms with E-state index in [0.717, 1.165) is 6.42 Å². The van der Waals surface area contributed by atoms with Gasteiger partial charge >= 0.3 is 5.97 Å². The van der Waals surface area contributed by atoms with Crippen LogP contribution in [0.25, 0.3) is 0 Å².